The van der Waals surface area contributed by atoms with E-state index in [1.807, 2.05) is 4.90 Å². The highest BCUT2D eigenvalue weighted by Crippen LogP contribution is 2.23. The molecule has 108 valence electrons. The van der Waals surface area contributed by atoms with Gasteiger partial charge in [-0.25, -0.2) is 4.98 Å². The van der Waals surface area contributed by atoms with Crippen molar-refractivity contribution in [2.24, 2.45) is 0 Å². The van der Waals surface area contributed by atoms with Gasteiger partial charge in [-0.1, -0.05) is 6.07 Å². The van der Waals surface area contributed by atoms with Gasteiger partial charge in [-0.15, -0.1) is 0 Å². The lowest BCUT2D eigenvalue weighted by Crippen LogP contribution is -2.48. The number of carbonyl (C=O) groups is 1. The monoisotopic (exact) mass is 274 g/mol. The maximum Gasteiger partial charge on any atom is 0.219 e. The van der Waals surface area contributed by atoms with Crippen molar-refractivity contribution in [1.82, 2.24) is 15.2 Å². The van der Waals surface area contributed by atoms with Gasteiger partial charge < -0.3 is 15.1 Å². The van der Waals surface area contributed by atoms with Crippen molar-refractivity contribution in [2.75, 3.05) is 37.6 Å². The summed E-state index contributed by atoms with van der Waals surface area (Å²) in [6.45, 7) is 6.06. The summed E-state index contributed by atoms with van der Waals surface area (Å²) in [5.74, 6) is 1.21. The number of hydrogen-bond acceptors (Lipinski definition) is 4. The Bertz CT molecular complexity index is 477. The molecule has 5 nitrogen and oxygen atoms in total. The van der Waals surface area contributed by atoms with Crippen molar-refractivity contribution in [2.45, 2.75) is 25.8 Å². The van der Waals surface area contributed by atoms with E-state index in [4.69, 9.17) is 4.98 Å². The molecule has 1 aromatic rings. The zero-order valence-corrected chi connectivity index (χ0v) is 12.0. The van der Waals surface area contributed by atoms with E-state index in [2.05, 4.69) is 28.4 Å². The number of nitrogens with zero attached hydrogens (tertiary/aromatic N) is 3. The van der Waals surface area contributed by atoms with E-state index >= 15 is 0 Å². The van der Waals surface area contributed by atoms with Gasteiger partial charge in [-0.05, 0) is 31.5 Å². The van der Waals surface area contributed by atoms with Crippen LogP contribution in [0.1, 0.15) is 31.5 Å². The van der Waals surface area contributed by atoms with Crippen molar-refractivity contribution < 1.29 is 4.79 Å². The maximum absolute atomic E-state index is 11.4. The van der Waals surface area contributed by atoms with Crippen LogP contribution in [-0.2, 0) is 4.79 Å². The highest BCUT2D eigenvalue weighted by atomic mass is 16.2. The molecule has 2 aliphatic rings. The van der Waals surface area contributed by atoms with Crippen molar-refractivity contribution in [3.8, 4) is 0 Å². The summed E-state index contributed by atoms with van der Waals surface area (Å²) in [6.07, 6.45) is 2.41. The van der Waals surface area contributed by atoms with E-state index in [-0.39, 0.29) is 5.91 Å². The number of anilines is 1. The summed E-state index contributed by atoms with van der Waals surface area (Å²) in [7, 11) is 0. The Morgan fingerprint density at radius 2 is 2.10 bits per heavy atom. The van der Waals surface area contributed by atoms with Gasteiger partial charge in [0.2, 0.25) is 5.91 Å². The smallest absolute Gasteiger partial charge is 0.219 e. The number of aromatic nitrogens is 1. The lowest BCUT2D eigenvalue weighted by molar-refractivity contribution is -0.129. The topological polar surface area (TPSA) is 48.5 Å². The molecule has 3 heterocycles. The van der Waals surface area contributed by atoms with Gasteiger partial charge in [0, 0.05) is 39.1 Å². The van der Waals surface area contributed by atoms with Gasteiger partial charge in [0.1, 0.15) is 5.82 Å². The average molecular weight is 274 g/mol. The van der Waals surface area contributed by atoms with E-state index in [1.54, 1.807) is 6.92 Å². The molecular formula is C15H22N4O. The summed E-state index contributed by atoms with van der Waals surface area (Å²) in [4.78, 5) is 20.3. The number of pyridine rings is 1. The Kier molecular flexibility index (Phi) is 3.87. The third-order valence-electron chi connectivity index (χ3n) is 4.22. The number of amides is 1. The van der Waals surface area contributed by atoms with E-state index in [0.29, 0.717) is 6.04 Å². The van der Waals surface area contributed by atoms with Crippen LogP contribution in [0.25, 0.3) is 0 Å². The normalized spacial score (nSPS) is 23.1. The van der Waals surface area contributed by atoms with E-state index in [1.165, 1.54) is 12.8 Å². The Hall–Kier alpha value is -1.62. The molecule has 0 aliphatic carbocycles. The van der Waals surface area contributed by atoms with Gasteiger partial charge in [-0.3, -0.25) is 4.79 Å². The van der Waals surface area contributed by atoms with Crippen LogP contribution in [0.2, 0.25) is 0 Å². The first-order chi connectivity index (χ1) is 9.74. The predicted octanol–water partition coefficient (Wildman–Crippen LogP) is 1.17. The molecule has 1 N–H and O–H groups in total. The van der Waals surface area contributed by atoms with E-state index < -0.39 is 0 Å². The minimum Gasteiger partial charge on any atom is -0.353 e. The fourth-order valence-corrected chi connectivity index (χ4v) is 3.00. The Labute approximate surface area is 120 Å². The molecule has 0 spiro atoms. The Morgan fingerprint density at radius 3 is 2.75 bits per heavy atom. The first-order valence-corrected chi connectivity index (χ1v) is 7.45. The van der Waals surface area contributed by atoms with Crippen LogP contribution >= 0.6 is 0 Å². The second kappa shape index (κ2) is 5.79. The highest BCUT2D eigenvalue weighted by molar-refractivity contribution is 5.73. The number of piperazine rings is 1. The molecule has 20 heavy (non-hydrogen) atoms. The zero-order chi connectivity index (χ0) is 13.9. The molecule has 0 radical (unpaired) electrons. The van der Waals surface area contributed by atoms with Crippen molar-refractivity contribution >= 4 is 11.7 Å². The quantitative estimate of drug-likeness (QED) is 0.879. The molecule has 1 aromatic heterocycles. The summed E-state index contributed by atoms with van der Waals surface area (Å²) in [6, 6.07) is 6.68. The molecule has 5 heteroatoms. The summed E-state index contributed by atoms with van der Waals surface area (Å²) in [5, 5.41) is 3.49. The fraction of sp³-hybridized carbons (Fsp3) is 0.600. The fourth-order valence-electron chi connectivity index (χ4n) is 3.00. The molecule has 0 unspecified atom stereocenters. The molecule has 0 aromatic carbocycles. The van der Waals surface area contributed by atoms with Crippen LogP contribution in [0.5, 0.6) is 0 Å². The Balaban J connectivity index is 1.68. The number of nitrogens with one attached hydrogen (secondary N) is 1. The van der Waals surface area contributed by atoms with Crippen molar-refractivity contribution in [3.05, 3.63) is 23.9 Å². The SMILES string of the molecule is CC(=O)N1CCN(c2cccc([C@H]3CCCN3)n2)CC1. The minimum atomic E-state index is 0.168. The number of hydrogen-bond donors (Lipinski definition) is 1. The molecule has 1 amide bonds. The lowest BCUT2D eigenvalue weighted by atomic mass is 10.1. The predicted molar refractivity (Wildman–Crippen MR) is 78.7 cm³/mol. The van der Waals surface area contributed by atoms with E-state index in [0.717, 1.165) is 44.2 Å². The average Bonchev–Trinajstić information content (AvgIpc) is 3.02. The van der Waals surface area contributed by atoms with Gasteiger partial charge >= 0.3 is 0 Å². The largest absolute Gasteiger partial charge is 0.353 e. The Morgan fingerprint density at radius 1 is 1.30 bits per heavy atom. The molecular weight excluding hydrogens is 252 g/mol. The molecule has 1 atom stereocenters. The van der Waals surface area contributed by atoms with Gasteiger partial charge in [0.25, 0.3) is 0 Å². The summed E-state index contributed by atoms with van der Waals surface area (Å²) >= 11 is 0. The molecule has 0 bridgehead atoms. The van der Waals surface area contributed by atoms with Crippen LogP contribution in [0.15, 0.2) is 18.2 Å². The molecule has 0 saturated carbocycles. The molecule has 2 aliphatic heterocycles. The molecule has 3 rings (SSSR count). The first kappa shape index (κ1) is 13.4. The third-order valence-corrected chi connectivity index (χ3v) is 4.22. The zero-order valence-electron chi connectivity index (χ0n) is 12.0. The summed E-state index contributed by atoms with van der Waals surface area (Å²) < 4.78 is 0. The minimum absolute atomic E-state index is 0.168. The molecule has 2 saturated heterocycles. The summed E-state index contributed by atoms with van der Waals surface area (Å²) in [5.41, 5.74) is 1.15. The number of rotatable bonds is 2. The van der Waals surface area contributed by atoms with Crippen LogP contribution in [0, 0.1) is 0 Å². The van der Waals surface area contributed by atoms with Crippen molar-refractivity contribution in [3.63, 3.8) is 0 Å². The van der Waals surface area contributed by atoms with Crippen LogP contribution in [0.4, 0.5) is 5.82 Å². The van der Waals surface area contributed by atoms with E-state index in [9.17, 15) is 4.79 Å². The van der Waals surface area contributed by atoms with Crippen LogP contribution in [-0.4, -0.2) is 48.5 Å². The first-order valence-electron chi connectivity index (χ1n) is 7.45. The van der Waals surface area contributed by atoms with Gasteiger partial charge in [0.05, 0.1) is 5.69 Å². The standard InChI is InChI=1S/C15H22N4O/c1-12(20)18-8-10-19(11-9-18)15-6-2-4-14(17-15)13-5-3-7-16-13/h2,4,6,13,16H,3,5,7-11H2,1H3/t13-/m1/s1. The second-order valence-electron chi connectivity index (χ2n) is 5.56. The van der Waals surface area contributed by atoms with Gasteiger partial charge in [-0.2, -0.15) is 0 Å². The third kappa shape index (κ3) is 2.77. The molecule has 2 fully saturated rings. The maximum atomic E-state index is 11.4. The number of carbonyl (C=O) groups excluding carboxylic acids is 1. The lowest BCUT2D eigenvalue weighted by Gasteiger charge is -2.35. The van der Waals surface area contributed by atoms with Crippen LogP contribution < -0.4 is 10.2 Å². The van der Waals surface area contributed by atoms with Crippen molar-refractivity contribution in [1.29, 1.82) is 0 Å². The van der Waals surface area contributed by atoms with Gasteiger partial charge in [0.15, 0.2) is 0 Å². The van der Waals surface area contributed by atoms with Crippen LogP contribution in [0.3, 0.4) is 0 Å². The second-order valence-corrected chi connectivity index (χ2v) is 5.56. The highest BCUT2D eigenvalue weighted by Gasteiger charge is 2.21.